The van der Waals surface area contributed by atoms with Crippen LogP contribution in [-0.4, -0.2) is 15.9 Å². The van der Waals surface area contributed by atoms with Crippen molar-refractivity contribution in [3.05, 3.63) is 48.4 Å². The second-order valence-electron chi connectivity index (χ2n) is 3.13. The average Bonchev–Trinajstić information content (AvgIpc) is 2.39. The van der Waals surface area contributed by atoms with E-state index in [0.29, 0.717) is 5.03 Å². The van der Waals surface area contributed by atoms with E-state index in [9.17, 15) is 4.79 Å². The van der Waals surface area contributed by atoms with Crippen LogP contribution in [-0.2, 0) is 0 Å². The van der Waals surface area contributed by atoms with Gasteiger partial charge in [-0.2, -0.15) is 0 Å². The molecule has 2 aromatic rings. The summed E-state index contributed by atoms with van der Waals surface area (Å²) in [6.45, 7) is 0. The Morgan fingerprint density at radius 2 is 2.00 bits per heavy atom. The highest BCUT2D eigenvalue weighted by molar-refractivity contribution is 7.99. The molecule has 0 saturated carbocycles. The van der Waals surface area contributed by atoms with Crippen LogP contribution in [0.3, 0.4) is 0 Å². The van der Waals surface area contributed by atoms with Crippen molar-refractivity contribution in [2.24, 2.45) is 5.84 Å². The zero-order chi connectivity index (χ0) is 12.1. The van der Waals surface area contributed by atoms with Crippen LogP contribution >= 0.6 is 11.8 Å². The number of hydrogen-bond acceptors (Lipinski definition) is 5. The Bertz CT molecular complexity index is 518. The van der Waals surface area contributed by atoms with Gasteiger partial charge in [0, 0.05) is 4.90 Å². The van der Waals surface area contributed by atoms with Crippen molar-refractivity contribution in [3.63, 3.8) is 0 Å². The van der Waals surface area contributed by atoms with Crippen LogP contribution < -0.4 is 11.3 Å². The molecular formula is C11H10N4OS. The molecule has 1 aromatic carbocycles. The highest BCUT2D eigenvalue weighted by Crippen LogP contribution is 2.24. The third kappa shape index (κ3) is 3.02. The van der Waals surface area contributed by atoms with Crippen molar-refractivity contribution in [2.75, 3.05) is 0 Å². The van der Waals surface area contributed by atoms with Gasteiger partial charge in [-0.15, -0.1) is 0 Å². The Labute approximate surface area is 102 Å². The van der Waals surface area contributed by atoms with E-state index in [4.69, 9.17) is 5.84 Å². The Kier molecular flexibility index (Phi) is 3.69. The summed E-state index contributed by atoms with van der Waals surface area (Å²) in [5.74, 6) is 4.58. The first-order valence-electron chi connectivity index (χ1n) is 4.85. The predicted octanol–water partition coefficient (Wildman–Crippen LogP) is 1.23. The molecule has 17 heavy (non-hydrogen) atoms. The quantitative estimate of drug-likeness (QED) is 0.483. The largest absolute Gasteiger partial charge is 0.289 e. The third-order valence-corrected chi connectivity index (χ3v) is 2.86. The second-order valence-corrected chi connectivity index (χ2v) is 4.22. The maximum absolute atomic E-state index is 11.3. The van der Waals surface area contributed by atoms with Gasteiger partial charge in [-0.05, 0) is 12.1 Å². The molecule has 6 heteroatoms. The summed E-state index contributed by atoms with van der Waals surface area (Å²) in [7, 11) is 0. The van der Waals surface area contributed by atoms with Crippen LogP contribution in [0.15, 0.2) is 52.6 Å². The molecule has 0 bridgehead atoms. The minimum Gasteiger partial charge on any atom is -0.289 e. The van der Waals surface area contributed by atoms with Crippen LogP contribution in [0.4, 0.5) is 0 Å². The molecule has 1 heterocycles. The second kappa shape index (κ2) is 5.42. The molecule has 0 atom stereocenters. The van der Waals surface area contributed by atoms with Crippen LogP contribution in [0.25, 0.3) is 0 Å². The molecule has 0 aliphatic heterocycles. The van der Waals surface area contributed by atoms with E-state index in [1.165, 1.54) is 18.0 Å². The molecule has 2 rings (SSSR count). The Hall–Kier alpha value is -1.92. The lowest BCUT2D eigenvalue weighted by Crippen LogP contribution is -2.30. The van der Waals surface area contributed by atoms with Gasteiger partial charge in [-0.25, -0.2) is 10.8 Å². The van der Waals surface area contributed by atoms with Crippen LogP contribution in [0.2, 0.25) is 0 Å². The summed E-state index contributed by atoms with van der Waals surface area (Å²) < 4.78 is 0. The van der Waals surface area contributed by atoms with Gasteiger partial charge in [0.2, 0.25) is 0 Å². The van der Waals surface area contributed by atoms with Gasteiger partial charge in [-0.1, -0.05) is 30.0 Å². The molecule has 0 aliphatic carbocycles. The van der Waals surface area contributed by atoms with Gasteiger partial charge in [0.15, 0.2) is 0 Å². The van der Waals surface area contributed by atoms with Crippen LogP contribution in [0.1, 0.15) is 10.5 Å². The summed E-state index contributed by atoms with van der Waals surface area (Å²) in [5, 5.41) is 0.650. The van der Waals surface area contributed by atoms with Crippen molar-refractivity contribution in [3.8, 4) is 0 Å². The van der Waals surface area contributed by atoms with Gasteiger partial charge in [0.05, 0.1) is 12.4 Å². The summed E-state index contributed by atoms with van der Waals surface area (Å²) in [4.78, 5) is 20.4. The van der Waals surface area contributed by atoms with E-state index in [0.717, 1.165) is 4.90 Å². The zero-order valence-electron chi connectivity index (χ0n) is 8.83. The summed E-state index contributed by atoms with van der Waals surface area (Å²) in [6.07, 6.45) is 2.97. The molecule has 1 amide bonds. The normalized spacial score (nSPS) is 9.94. The van der Waals surface area contributed by atoms with E-state index < -0.39 is 5.91 Å². The molecule has 1 aromatic heterocycles. The Morgan fingerprint density at radius 1 is 1.24 bits per heavy atom. The van der Waals surface area contributed by atoms with E-state index in [1.54, 1.807) is 6.20 Å². The molecule has 0 aliphatic rings. The number of nitrogen functional groups attached to an aromatic ring is 1. The highest BCUT2D eigenvalue weighted by Gasteiger charge is 2.07. The predicted molar refractivity (Wildman–Crippen MR) is 64.3 cm³/mol. The topological polar surface area (TPSA) is 80.9 Å². The van der Waals surface area contributed by atoms with Crippen LogP contribution in [0.5, 0.6) is 0 Å². The monoisotopic (exact) mass is 246 g/mol. The molecule has 5 nitrogen and oxygen atoms in total. The number of aromatic nitrogens is 2. The van der Waals surface area contributed by atoms with E-state index in [2.05, 4.69) is 9.97 Å². The smallest absolute Gasteiger partial charge is 0.285 e. The third-order valence-electron chi connectivity index (χ3n) is 1.94. The molecule has 0 spiro atoms. The highest BCUT2D eigenvalue weighted by atomic mass is 32.2. The standard InChI is InChI=1S/C11H10N4OS/c12-15-11(16)9-6-13-7-10(14-9)17-8-4-2-1-3-5-8/h1-7H,12H2,(H,15,16). The maximum atomic E-state index is 11.3. The fourth-order valence-corrected chi connectivity index (χ4v) is 1.98. The van der Waals surface area contributed by atoms with Crippen molar-refractivity contribution in [2.45, 2.75) is 9.92 Å². The minimum absolute atomic E-state index is 0.202. The lowest BCUT2D eigenvalue weighted by molar-refractivity contribution is 0.0947. The molecule has 3 N–H and O–H groups in total. The van der Waals surface area contributed by atoms with Crippen molar-refractivity contribution >= 4 is 17.7 Å². The Balaban J connectivity index is 2.20. The molecular weight excluding hydrogens is 236 g/mol. The number of hydrazine groups is 1. The van der Waals surface area contributed by atoms with Crippen molar-refractivity contribution in [1.82, 2.24) is 15.4 Å². The molecule has 0 radical (unpaired) electrons. The minimum atomic E-state index is -0.451. The molecule has 0 saturated heterocycles. The average molecular weight is 246 g/mol. The number of benzene rings is 1. The first-order chi connectivity index (χ1) is 8.29. The van der Waals surface area contributed by atoms with E-state index >= 15 is 0 Å². The van der Waals surface area contributed by atoms with E-state index in [1.807, 2.05) is 35.8 Å². The van der Waals surface area contributed by atoms with Gasteiger partial charge in [-0.3, -0.25) is 15.2 Å². The molecule has 0 fully saturated rings. The summed E-state index contributed by atoms with van der Waals surface area (Å²) in [6, 6.07) is 9.73. The maximum Gasteiger partial charge on any atom is 0.285 e. The Morgan fingerprint density at radius 3 is 2.71 bits per heavy atom. The first-order valence-corrected chi connectivity index (χ1v) is 5.67. The lowest BCUT2D eigenvalue weighted by atomic mass is 10.4. The van der Waals surface area contributed by atoms with Gasteiger partial charge in [0.1, 0.15) is 10.7 Å². The molecule has 86 valence electrons. The number of amides is 1. The number of nitrogens with two attached hydrogens (primary N) is 1. The van der Waals surface area contributed by atoms with Gasteiger partial charge >= 0.3 is 0 Å². The molecule has 0 unspecified atom stereocenters. The SMILES string of the molecule is NNC(=O)c1cncc(Sc2ccccc2)n1. The number of carbonyl (C=O) groups is 1. The van der Waals surface area contributed by atoms with E-state index in [-0.39, 0.29) is 5.69 Å². The number of nitrogens with one attached hydrogen (secondary N) is 1. The van der Waals surface area contributed by atoms with Crippen molar-refractivity contribution in [1.29, 1.82) is 0 Å². The van der Waals surface area contributed by atoms with Crippen LogP contribution in [0, 0.1) is 0 Å². The first kappa shape index (κ1) is 11.6. The summed E-state index contributed by atoms with van der Waals surface area (Å²) >= 11 is 1.44. The van der Waals surface area contributed by atoms with Crippen molar-refractivity contribution < 1.29 is 4.79 Å². The van der Waals surface area contributed by atoms with Gasteiger partial charge in [0.25, 0.3) is 5.91 Å². The lowest BCUT2D eigenvalue weighted by Gasteiger charge is -2.02. The number of nitrogens with zero attached hydrogens (tertiary/aromatic N) is 2. The number of rotatable bonds is 3. The fraction of sp³-hybridized carbons (Fsp3) is 0. The van der Waals surface area contributed by atoms with Gasteiger partial charge < -0.3 is 0 Å². The fourth-order valence-electron chi connectivity index (χ4n) is 1.19. The zero-order valence-corrected chi connectivity index (χ0v) is 9.65. The number of carbonyl (C=O) groups excluding carboxylic acids is 1. The summed E-state index contributed by atoms with van der Waals surface area (Å²) in [5.41, 5.74) is 2.22. The number of hydrogen-bond donors (Lipinski definition) is 2.